The van der Waals surface area contributed by atoms with Gasteiger partial charge in [-0.15, -0.1) is 0 Å². The van der Waals surface area contributed by atoms with Crippen molar-refractivity contribution in [1.29, 1.82) is 0 Å². The van der Waals surface area contributed by atoms with E-state index < -0.39 is 0 Å². The molecule has 1 aromatic rings. The Morgan fingerprint density at radius 3 is 2.77 bits per heavy atom. The summed E-state index contributed by atoms with van der Waals surface area (Å²) in [5, 5.41) is 11.8. The Labute approximate surface area is 76.1 Å². The summed E-state index contributed by atoms with van der Waals surface area (Å²) in [6.07, 6.45) is 0. The molecule has 0 aliphatic carbocycles. The maximum absolute atomic E-state index is 10.9. The molecule has 0 aliphatic rings. The van der Waals surface area contributed by atoms with Crippen LogP contribution >= 0.6 is 0 Å². The van der Waals surface area contributed by atoms with Gasteiger partial charge in [-0.25, -0.2) is 9.78 Å². The number of carbonyl (C=O) groups excluding carboxylic acids is 1. The lowest BCUT2D eigenvalue weighted by Gasteiger charge is -2.08. The summed E-state index contributed by atoms with van der Waals surface area (Å²) < 4.78 is 0. The number of aromatic amines is 1. The lowest BCUT2D eigenvalue weighted by atomic mass is 10.3. The van der Waals surface area contributed by atoms with E-state index in [2.05, 4.69) is 25.8 Å². The van der Waals surface area contributed by atoms with E-state index in [0.29, 0.717) is 5.82 Å². The highest BCUT2D eigenvalue weighted by atomic mass is 16.2. The minimum absolute atomic E-state index is 0.190. The van der Waals surface area contributed by atoms with Crippen molar-refractivity contribution in [3.05, 3.63) is 11.6 Å². The van der Waals surface area contributed by atoms with Gasteiger partial charge in [0.1, 0.15) is 5.82 Å². The number of aromatic nitrogens is 3. The van der Waals surface area contributed by atoms with Gasteiger partial charge in [0.05, 0.1) is 6.04 Å². The van der Waals surface area contributed by atoms with Crippen molar-refractivity contribution in [2.45, 2.75) is 19.9 Å². The van der Waals surface area contributed by atoms with Crippen LogP contribution in [0.15, 0.2) is 0 Å². The summed E-state index contributed by atoms with van der Waals surface area (Å²) in [6.45, 7) is 3.63. The number of aryl methyl sites for hydroxylation is 1. The Balaban J connectivity index is 2.58. The maximum Gasteiger partial charge on any atom is 0.315 e. The van der Waals surface area contributed by atoms with Crippen molar-refractivity contribution >= 4 is 6.03 Å². The van der Waals surface area contributed by atoms with Crippen LogP contribution < -0.4 is 10.6 Å². The third kappa shape index (κ3) is 2.43. The van der Waals surface area contributed by atoms with E-state index in [0.717, 1.165) is 5.82 Å². The Kier molecular flexibility index (Phi) is 2.84. The number of hydrogen-bond acceptors (Lipinski definition) is 3. The predicted octanol–water partition coefficient (Wildman–Crippen LogP) is 0.103. The Bertz CT molecular complexity index is 295. The van der Waals surface area contributed by atoms with Crippen molar-refractivity contribution in [1.82, 2.24) is 25.8 Å². The van der Waals surface area contributed by atoms with Crippen LogP contribution in [-0.4, -0.2) is 28.3 Å². The van der Waals surface area contributed by atoms with Crippen LogP contribution in [-0.2, 0) is 0 Å². The van der Waals surface area contributed by atoms with Gasteiger partial charge in [0, 0.05) is 7.05 Å². The molecule has 3 N–H and O–H groups in total. The molecule has 1 atom stereocenters. The smallest absolute Gasteiger partial charge is 0.315 e. The Morgan fingerprint density at radius 1 is 1.62 bits per heavy atom. The fraction of sp³-hybridized carbons (Fsp3) is 0.571. The molecule has 0 aliphatic heterocycles. The summed E-state index contributed by atoms with van der Waals surface area (Å²) in [7, 11) is 1.56. The third-order valence-electron chi connectivity index (χ3n) is 1.58. The first-order valence-electron chi connectivity index (χ1n) is 4.00. The van der Waals surface area contributed by atoms with Crippen LogP contribution in [0.2, 0.25) is 0 Å². The molecule has 72 valence electrons. The van der Waals surface area contributed by atoms with Gasteiger partial charge in [0.15, 0.2) is 5.82 Å². The second-order valence-corrected chi connectivity index (χ2v) is 2.72. The summed E-state index contributed by atoms with van der Waals surface area (Å²) in [4.78, 5) is 15.0. The highest BCUT2D eigenvalue weighted by Gasteiger charge is 2.11. The first-order valence-corrected chi connectivity index (χ1v) is 4.00. The number of H-pyrrole nitrogens is 1. The SMILES string of the molecule is CNC(=O)NC(C)c1n[nH]c(C)n1. The second-order valence-electron chi connectivity index (χ2n) is 2.72. The van der Waals surface area contributed by atoms with E-state index >= 15 is 0 Å². The van der Waals surface area contributed by atoms with Crippen molar-refractivity contribution in [3.63, 3.8) is 0 Å². The average Bonchev–Trinajstić information content (AvgIpc) is 2.51. The van der Waals surface area contributed by atoms with Gasteiger partial charge in [0.2, 0.25) is 0 Å². The molecule has 0 saturated carbocycles. The molecule has 0 saturated heterocycles. The normalized spacial score (nSPS) is 12.2. The molecule has 6 nitrogen and oxygen atoms in total. The van der Waals surface area contributed by atoms with Crippen LogP contribution in [0.25, 0.3) is 0 Å². The fourth-order valence-corrected chi connectivity index (χ4v) is 0.887. The van der Waals surface area contributed by atoms with Gasteiger partial charge in [-0.05, 0) is 13.8 Å². The van der Waals surface area contributed by atoms with E-state index in [4.69, 9.17) is 0 Å². The zero-order chi connectivity index (χ0) is 9.84. The van der Waals surface area contributed by atoms with E-state index in [1.54, 1.807) is 7.05 Å². The molecule has 13 heavy (non-hydrogen) atoms. The first-order chi connectivity index (χ1) is 6.13. The monoisotopic (exact) mass is 183 g/mol. The zero-order valence-corrected chi connectivity index (χ0v) is 7.88. The third-order valence-corrected chi connectivity index (χ3v) is 1.58. The topological polar surface area (TPSA) is 82.7 Å². The highest BCUT2D eigenvalue weighted by Crippen LogP contribution is 2.04. The minimum atomic E-state index is -0.241. The molecule has 6 heteroatoms. The van der Waals surface area contributed by atoms with Crippen LogP contribution in [0.5, 0.6) is 0 Å². The number of carbonyl (C=O) groups is 1. The van der Waals surface area contributed by atoms with Crippen LogP contribution in [0.3, 0.4) is 0 Å². The Hall–Kier alpha value is -1.59. The van der Waals surface area contributed by atoms with E-state index in [1.165, 1.54) is 0 Å². The summed E-state index contributed by atoms with van der Waals surface area (Å²) in [6, 6.07) is -0.431. The molecule has 1 heterocycles. The quantitative estimate of drug-likeness (QED) is 0.608. The molecular weight excluding hydrogens is 170 g/mol. The lowest BCUT2D eigenvalue weighted by molar-refractivity contribution is 0.239. The molecule has 0 spiro atoms. The molecule has 1 rings (SSSR count). The summed E-state index contributed by atoms with van der Waals surface area (Å²) in [5.41, 5.74) is 0. The summed E-state index contributed by atoms with van der Waals surface area (Å²) in [5.74, 6) is 1.32. The second kappa shape index (κ2) is 3.88. The molecule has 2 amide bonds. The molecule has 0 aromatic carbocycles. The minimum Gasteiger partial charge on any atom is -0.341 e. The molecule has 1 aromatic heterocycles. The predicted molar refractivity (Wildman–Crippen MR) is 47.1 cm³/mol. The van der Waals surface area contributed by atoms with Crippen molar-refractivity contribution in [2.75, 3.05) is 7.05 Å². The van der Waals surface area contributed by atoms with E-state index in [9.17, 15) is 4.79 Å². The fourth-order valence-electron chi connectivity index (χ4n) is 0.887. The lowest BCUT2D eigenvalue weighted by Crippen LogP contribution is -2.35. The first kappa shape index (κ1) is 9.50. The molecule has 0 radical (unpaired) electrons. The number of nitrogens with one attached hydrogen (secondary N) is 3. The molecule has 0 fully saturated rings. The molecule has 0 bridgehead atoms. The van der Waals surface area contributed by atoms with Crippen LogP contribution in [0, 0.1) is 6.92 Å². The van der Waals surface area contributed by atoms with Gasteiger partial charge in [0.25, 0.3) is 0 Å². The zero-order valence-electron chi connectivity index (χ0n) is 7.88. The Morgan fingerprint density at radius 2 is 2.31 bits per heavy atom. The van der Waals surface area contributed by atoms with E-state index in [1.807, 2.05) is 13.8 Å². The van der Waals surface area contributed by atoms with Gasteiger partial charge >= 0.3 is 6.03 Å². The van der Waals surface area contributed by atoms with E-state index in [-0.39, 0.29) is 12.1 Å². The largest absolute Gasteiger partial charge is 0.341 e. The van der Waals surface area contributed by atoms with Gasteiger partial charge in [-0.1, -0.05) is 0 Å². The van der Waals surface area contributed by atoms with Crippen LogP contribution in [0.1, 0.15) is 24.6 Å². The number of amides is 2. The van der Waals surface area contributed by atoms with Gasteiger partial charge in [-0.2, -0.15) is 5.10 Å². The van der Waals surface area contributed by atoms with Gasteiger partial charge in [-0.3, -0.25) is 5.10 Å². The number of nitrogens with zero attached hydrogens (tertiary/aromatic N) is 2. The number of urea groups is 1. The number of rotatable bonds is 2. The molecular formula is C7H13N5O. The van der Waals surface area contributed by atoms with Crippen molar-refractivity contribution in [3.8, 4) is 0 Å². The van der Waals surface area contributed by atoms with Crippen molar-refractivity contribution < 1.29 is 4.79 Å². The highest BCUT2D eigenvalue weighted by molar-refractivity contribution is 5.73. The molecule has 1 unspecified atom stereocenters. The van der Waals surface area contributed by atoms with Crippen LogP contribution in [0.4, 0.5) is 4.79 Å². The maximum atomic E-state index is 10.9. The number of hydrogen-bond donors (Lipinski definition) is 3. The standard InChI is InChI=1S/C7H13N5O/c1-4(9-7(13)8-3)6-10-5(2)11-12-6/h4H,1-3H3,(H2,8,9,13)(H,10,11,12). The van der Waals surface area contributed by atoms with Crippen molar-refractivity contribution in [2.24, 2.45) is 0 Å². The average molecular weight is 183 g/mol. The summed E-state index contributed by atoms with van der Waals surface area (Å²) >= 11 is 0. The van der Waals surface area contributed by atoms with Gasteiger partial charge < -0.3 is 10.6 Å².